The summed E-state index contributed by atoms with van der Waals surface area (Å²) in [7, 11) is 0. The first-order valence-corrected chi connectivity index (χ1v) is 6.80. The number of carbonyl (C=O) groups is 2. The van der Waals surface area contributed by atoms with E-state index in [0.717, 1.165) is 10.4 Å². The Hall–Kier alpha value is -2.08. The third-order valence-electron chi connectivity index (χ3n) is 3.29. The van der Waals surface area contributed by atoms with Crippen LogP contribution in [0, 0.1) is 0 Å². The molecule has 0 saturated heterocycles. The minimum absolute atomic E-state index is 0.269. The molecule has 5 nitrogen and oxygen atoms in total. The third kappa shape index (κ3) is 1.94. The van der Waals surface area contributed by atoms with Crippen molar-refractivity contribution in [2.24, 2.45) is 0 Å². The van der Waals surface area contributed by atoms with E-state index in [1.165, 1.54) is 4.90 Å². The van der Waals surface area contributed by atoms with E-state index in [2.05, 4.69) is 4.98 Å². The second-order valence-electron chi connectivity index (χ2n) is 4.37. The van der Waals surface area contributed by atoms with E-state index in [1.807, 2.05) is 5.38 Å². The van der Waals surface area contributed by atoms with Gasteiger partial charge in [-0.25, -0.2) is 4.79 Å². The molecule has 2 aromatic rings. The number of thiophene rings is 1. The Bertz CT molecular complexity index is 618. The molecule has 1 aliphatic heterocycles. The molecule has 0 spiro atoms. The van der Waals surface area contributed by atoms with Gasteiger partial charge in [0.2, 0.25) is 0 Å². The Morgan fingerprint density at radius 3 is 2.95 bits per heavy atom. The number of carboxylic acid groups (broad SMARTS) is 1. The maximum atomic E-state index is 12.3. The van der Waals surface area contributed by atoms with Crippen LogP contribution in [0.4, 0.5) is 0 Å². The van der Waals surface area contributed by atoms with Crippen molar-refractivity contribution in [3.63, 3.8) is 0 Å². The lowest BCUT2D eigenvalue weighted by Crippen LogP contribution is -2.43. The van der Waals surface area contributed by atoms with Crippen LogP contribution in [0.1, 0.15) is 27.0 Å². The van der Waals surface area contributed by atoms with Gasteiger partial charge in [0, 0.05) is 17.6 Å². The fraction of sp³-hybridized carbons (Fsp3) is 0.231. The molecule has 2 aromatic heterocycles. The van der Waals surface area contributed by atoms with Gasteiger partial charge in [-0.05, 0) is 35.6 Å². The minimum Gasteiger partial charge on any atom is -0.479 e. The van der Waals surface area contributed by atoms with Crippen molar-refractivity contribution < 1.29 is 14.7 Å². The summed E-state index contributed by atoms with van der Waals surface area (Å²) in [6.45, 7) is 0.433. The minimum atomic E-state index is -0.987. The lowest BCUT2D eigenvalue weighted by Gasteiger charge is -2.32. The standard InChI is InChI=1S/C13H12N2O3S/c16-12(9-2-1-5-14-9)15-6-3-10-8(4-7-19-10)11(15)13(17)18/h1-2,4-5,7,11,14H,3,6H2,(H,17,18). The number of hydrogen-bond acceptors (Lipinski definition) is 3. The number of rotatable bonds is 2. The van der Waals surface area contributed by atoms with Crippen LogP contribution in [0.3, 0.4) is 0 Å². The summed E-state index contributed by atoms with van der Waals surface area (Å²) in [6.07, 6.45) is 2.37. The highest BCUT2D eigenvalue weighted by Gasteiger charge is 2.37. The first-order valence-electron chi connectivity index (χ1n) is 5.92. The maximum absolute atomic E-state index is 12.3. The number of carboxylic acids is 1. The van der Waals surface area contributed by atoms with E-state index in [0.29, 0.717) is 18.7 Å². The summed E-state index contributed by atoms with van der Waals surface area (Å²) in [6, 6.07) is 4.30. The number of hydrogen-bond donors (Lipinski definition) is 2. The highest BCUT2D eigenvalue weighted by atomic mass is 32.1. The molecule has 3 heterocycles. The molecule has 98 valence electrons. The molecular formula is C13H12N2O3S. The summed E-state index contributed by atoms with van der Waals surface area (Å²) >= 11 is 1.55. The van der Waals surface area contributed by atoms with E-state index in [9.17, 15) is 14.7 Å². The molecule has 0 fully saturated rings. The summed E-state index contributed by atoms with van der Waals surface area (Å²) in [5.74, 6) is -1.26. The van der Waals surface area contributed by atoms with Crippen molar-refractivity contribution in [2.75, 3.05) is 6.54 Å². The van der Waals surface area contributed by atoms with Gasteiger partial charge in [-0.15, -0.1) is 11.3 Å². The Kier molecular flexibility index (Phi) is 2.87. The van der Waals surface area contributed by atoms with Gasteiger partial charge < -0.3 is 15.0 Å². The molecule has 2 N–H and O–H groups in total. The van der Waals surface area contributed by atoms with Crippen molar-refractivity contribution in [3.8, 4) is 0 Å². The number of fused-ring (bicyclic) bond motifs is 1. The molecule has 0 aliphatic carbocycles. The molecule has 1 aliphatic rings. The van der Waals surface area contributed by atoms with Crippen LogP contribution in [-0.4, -0.2) is 33.4 Å². The maximum Gasteiger partial charge on any atom is 0.331 e. The highest BCUT2D eigenvalue weighted by molar-refractivity contribution is 7.10. The predicted octanol–water partition coefficient (Wildman–Crippen LogP) is 1.90. The molecule has 1 atom stereocenters. The number of nitrogens with one attached hydrogen (secondary N) is 1. The van der Waals surface area contributed by atoms with E-state index < -0.39 is 12.0 Å². The monoisotopic (exact) mass is 276 g/mol. The molecule has 0 saturated carbocycles. The van der Waals surface area contributed by atoms with E-state index in [-0.39, 0.29) is 5.91 Å². The van der Waals surface area contributed by atoms with Gasteiger partial charge in [0.1, 0.15) is 5.69 Å². The smallest absolute Gasteiger partial charge is 0.331 e. The first kappa shape index (κ1) is 12.0. The number of amides is 1. The normalized spacial score (nSPS) is 18.1. The van der Waals surface area contributed by atoms with Gasteiger partial charge >= 0.3 is 5.97 Å². The lowest BCUT2D eigenvalue weighted by atomic mass is 9.99. The molecule has 1 unspecified atom stereocenters. The van der Waals surface area contributed by atoms with E-state index in [1.54, 1.807) is 35.7 Å². The van der Waals surface area contributed by atoms with E-state index in [4.69, 9.17) is 0 Å². The Labute approximate surface area is 113 Å². The highest BCUT2D eigenvalue weighted by Crippen LogP contribution is 2.34. The second-order valence-corrected chi connectivity index (χ2v) is 5.37. The van der Waals surface area contributed by atoms with Crippen LogP contribution < -0.4 is 0 Å². The van der Waals surface area contributed by atoms with Crippen molar-refractivity contribution >= 4 is 23.2 Å². The Morgan fingerprint density at radius 1 is 1.42 bits per heavy atom. The van der Waals surface area contributed by atoms with Crippen molar-refractivity contribution in [3.05, 3.63) is 45.9 Å². The first-order chi connectivity index (χ1) is 9.18. The van der Waals surface area contributed by atoms with Gasteiger partial charge in [0.25, 0.3) is 5.91 Å². The fourth-order valence-corrected chi connectivity index (χ4v) is 3.32. The summed E-state index contributed by atoms with van der Waals surface area (Å²) < 4.78 is 0. The van der Waals surface area contributed by atoms with Gasteiger partial charge in [-0.3, -0.25) is 4.79 Å². The largest absolute Gasteiger partial charge is 0.479 e. The average molecular weight is 276 g/mol. The molecule has 0 bridgehead atoms. The van der Waals surface area contributed by atoms with Crippen LogP contribution in [0.25, 0.3) is 0 Å². The molecule has 0 radical (unpaired) electrons. The zero-order valence-corrected chi connectivity index (χ0v) is 10.8. The number of nitrogens with zero attached hydrogens (tertiary/aromatic N) is 1. The topological polar surface area (TPSA) is 73.4 Å². The number of aromatic amines is 1. The zero-order chi connectivity index (χ0) is 13.4. The van der Waals surface area contributed by atoms with Crippen LogP contribution in [0.15, 0.2) is 29.8 Å². The summed E-state index contributed by atoms with van der Waals surface area (Å²) in [5, 5.41) is 11.3. The number of aromatic nitrogens is 1. The zero-order valence-electron chi connectivity index (χ0n) is 10.00. The summed E-state index contributed by atoms with van der Waals surface area (Å²) in [5.41, 5.74) is 1.16. The Morgan fingerprint density at radius 2 is 2.26 bits per heavy atom. The van der Waals surface area contributed by atoms with E-state index >= 15 is 0 Å². The van der Waals surface area contributed by atoms with Crippen molar-refractivity contribution in [1.82, 2.24) is 9.88 Å². The number of carbonyl (C=O) groups excluding carboxylic acids is 1. The Balaban J connectivity index is 1.98. The van der Waals surface area contributed by atoms with Crippen LogP contribution >= 0.6 is 11.3 Å². The quantitative estimate of drug-likeness (QED) is 0.879. The molecule has 0 aromatic carbocycles. The lowest BCUT2D eigenvalue weighted by molar-refractivity contribution is -0.142. The molecular weight excluding hydrogens is 264 g/mol. The molecule has 1 amide bonds. The number of H-pyrrole nitrogens is 1. The van der Waals surface area contributed by atoms with Gasteiger partial charge in [0.05, 0.1) is 0 Å². The molecule has 19 heavy (non-hydrogen) atoms. The SMILES string of the molecule is O=C(O)C1c2ccsc2CCN1C(=O)c1ccc[nH]1. The van der Waals surface area contributed by atoms with Crippen molar-refractivity contribution in [1.29, 1.82) is 0 Å². The second kappa shape index (κ2) is 4.55. The number of aliphatic carboxylic acids is 1. The van der Waals surface area contributed by atoms with Gasteiger partial charge in [-0.2, -0.15) is 0 Å². The van der Waals surface area contributed by atoms with Crippen molar-refractivity contribution in [2.45, 2.75) is 12.5 Å². The molecule has 6 heteroatoms. The molecule has 3 rings (SSSR count). The van der Waals surface area contributed by atoms with Crippen LogP contribution in [-0.2, 0) is 11.2 Å². The summed E-state index contributed by atoms with van der Waals surface area (Å²) in [4.78, 5) is 29.2. The predicted molar refractivity (Wildman–Crippen MR) is 70.2 cm³/mol. The average Bonchev–Trinajstić information content (AvgIpc) is 3.06. The van der Waals surface area contributed by atoms with Gasteiger partial charge in [-0.1, -0.05) is 0 Å². The van der Waals surface area contributed by atoms with Crippen LogP contribution in [0.2, 0.25) is 0 Å². The van der Waals surface area contributed by atoms with Gasteiger partial charge in [0.15, 0.2) is 6.04 Å². The van der Waals surface area contributed by atoms with Crippen LogP contribution in [0.5, 0.6) is 0 Å². The third-order valence-corrected chi connectivity index (χ3v) is 4.29. The fourth-order valence-electron chi connectivity index (χ4n) is 2.42.